The average molecular weight is 127 g/mol. The van der Waals surface area contributed by atoms with E-state index in [9.17, 15) is 0 Å². The number of hydrogen-bond donors (Lipinski definition) is 3. The van der Waals surface area contributed by atoms with E-state index in [0.717, 1.165) is 26.2 Å². The fourth-order valence-electron chi connectivity index (χ4n) is 1.48. The Bertz CT molecular complexity index is 79.0. The molecular formula is C6H13N3. The molecule has 3 heteroatoms. The smallest absolute Gasteiger partial charge is 0.0318 e. The second-order valence-electron chi connectivity index (χ2n) is 2.87. The maximum absolute atomic E-state index is 3.46. The van der Waals surface area contributed by atoms with Crippen molar-refractivity contribution in [1.82, 2.24) is 16.0 Å². The minimum Gasteiger partial charge on any atom is -0.314 e. The predicted molar refractivity (Wildman–Crippen MR) is 36.5 cm³/mol. The monoisotopic (exact) mass is 127 g/mol. The van der Waals surface area contributed by atoms with Gasteiger partial charge in [0.15, 0.2) is 0 Å². The van der Waals surface area contributed by atoms with Gasteiger partial charge in [0.05, 0.1) is 0 Å². The molecule has 0 amide bonds. The Labute approximate surface area is 55.2 Å². The standard InChI is InChI=1S/C6H13N3/c1-5-3-9-6(2-7-1)4-8-5/h5-9H,1-4H2. The van der Waals surface area contributed by atoms with E-state index in [1.807, 2.05) is 0 Å². The first kappa shape index (κ1) is 5.65. The van der Waals surface area contributed by atoms with E-state index in [2.05, 4.69) is 16.0 Å². The predicted octanol–water partition coefficient (Wildman–Crippen LogP) is -1.48. The van der Waals surface area contributed by atoms with Crippen LogP contribution in [-0.4, -0.2) is 38.3 Å². The molecule has 3 nitrogen and oxygen atoms in total. The zero-order chi connectivity index (χ0) is 6.10. The molecule has 3 saturated heterocycles. The third-order valence-corrected chi connectivity index (χ3v) is 2.09. The Morgan fingerprint density at radius 2 is 1.33 bits per heavy atom. The van der Waals surface area contributed by atoms with E-state index >= 15 is 0 Å². The van der Waals surface area contributed by atoms with Crippen molar-refractivity contribution < 1.29 is 0 Å². The lowest BCUT2D eigenvalue weighted by molar-refractivity contribution is 0.393. The van der Waals surface area contributed by atoms with Crippen molar-refractivity contribution in [2.45, 2.75) is 12.1 Å². The van der Waals surface area contributed by atoms with Crippen LogP contribution in [0.15, 0.2) is 0 Å². The van der Waals surface area contributed by atoms with E-state index in [1.54, 1.807) is 0 Å². The summed E-state index contributed by atoms with van der Waals surface area (Å²) in [6.45, 7) is 4.53. The molecule has 0 aromatic carbocycles. The lowest BCUT2D eigenvalue weighted by Crippen LogP contribution is -2.53. The van der Waals surface area contributed by atoms with Crippen LogP contribution in [-0.2, 0) is 0 Å². The summed E-state index contributed by atoms with van der Waals surface area (Å²) in [5.41, 5.74) is 0. The molecule has 0 aromatic rings. The summed E-state index contributed by atoms with van der Waals surface area (Å²) in [7, 11) is 0. The molecule has 3 rings (SSSR count). The SMILES string of the molecule is C1NCC2CNC1CN2. The zero-order valence-corrected chi connectivity index (χ0v) is 5.48. The van der Waals surface area contributed by atoms with Gasteiger partial charge in [-0.1, -0.05) is 0 Å². The molecule has 3 aliphatic heterocycles. The van der Waals surface area contributed by atoms with Gasteiger partial charge < -0.3 is 16.0 Å². The van der Waals surface area contributed by atoms with Gasteiger partial charge in [-0.15, -0.1) is 0 Å². The van der Waals surface area contributed by atoms with E-state index < -0.39 is 0 Å². The molecule has 52 valence electrons. The van der Waals surface area contributed by atoms with Crippen molar-refractivity contribution in [3.8, 4) is 0 Å². The Morgan fingerprint density at radius 3 is 1.78 bits per heavy atom. The molecule has 9 heavy (non-hydrogen) atoms. The maximum Gasteiger partial charge on any atom is 0.0318 e. The summed E-state index contributed by atoms with van der Waals surface area (Å²) in [5, 5.41) is 10.3. The van der Waals surface area contributed by atoms with Crippen LogP contribution in [0.4, 0.5) is 0 Å². The van der Waals surface area contributed by atoms with E-state index in [4.69, 9.17) is 0 Å². The van der Waals surface area contributed by atoms with Crippen molar-refractivity contribution in [3.63, 3.8) is 0 Å². The van der Waals surface area contributed by atoms with Gasteiger partial charge in [0.1, 0.15) is 0 Å². The lowest BCUT2D eigenvalue weighted by atomic mass is 10.2. The van der Waals surface area contributed by atoms with Gasteiger partial charge in [0.2, 0.25) is 0 Å². The lowest BCUT2D eigenvalue weighted by Gasteiger charge is -2.25. The van der Waals surface area contributed by atoms with Gasteiger partial charge in [-0.2, -0.15) is 0 Å². The number of nitrogens with one attached hydrogen (secondary N) is 3. The van der Waals surface area contributed by atoms with Crippen LogP contribution in [0.1, 0.15) is 0 Å². The van der Waals surface area contributed by atoms with E-state index in [1.165, 1.54) is 0 Å². The first-order valence-electron chi connectivity index (χ1n) is 3.62. The first-order valence-corrected chi connectivity index (χ1v) is 3.62. The summed E-state index contributed by atoms with van der Waals surface area (Å²) in [4.78, 5) is 0. The summed E-state index contributed by atoms with van der Waals surface area (Å²) in [5.74, 6) is 0. The quantitative estimate of drug-likeness (QED) is 0.371. The van der Waals surface area contributed by atoms with Crippen molar-refractivity contribution >= 4 is 0 Å². The number of rotatable bonds is 0. The van der Waals surface area contributed by atoms with Crippen LogP contribution in [0.2, 0.25) is 0 Å². The van der Waals surface area contributed by atoms with Gasteiger partial charge in [0.25, 0.3) is 0 Å². The summed E-state index contributed by atoms with van der Waals surface area (Å²) in [6, 6.07) is 1.34. The molecular weight excluding hydrogens is 114 g/mol. The van der Waals surface area contributed by atoms with Gasteiger partial charge in [-0.25, -0.2) is 0 Å². The highest BCUT2D eigenvalue weighted by atomic mass is 15.2. The Morgan fingerprint density at radius 1 is 0.778 bits per heavy atom. The van der Waals surface area contributed by atoms with Crippen LogP contribution < -0.4 is 16.0 Å². The number of piperazine rings is 1. The third kappa shape index (κ3) is 1.08. The van der Waals surface area contributed by atoms with Crippen LogP contribution in [0.25, 0.3) is 0 Å². The zero-order valence-electron chi connectivity index (χ0n) is 5.48. The Kier molecular flexibility index (Phi) is 1.41. The van der Waals surface area contributed by atoms with E-state index in [0.29, 0.717) is 12.1 Å². The summed E-state index contributed by atoms with van der Waals surface area (Å²) >= 11 is 0. The van der Waals surface area contributed by atoms with Crippen LogP contribution in [0.3, 0.4) is 0 Å². The number of fused-ring (bicyclic) bond motifs is 4. The van der Waals surface area contributed by atoms with Crippen LogP contribution in [0, 0.1) is 0 Å². The molecule has 3 fully saturated rings. The Hall–Kier alpha value is -0.120. The van der Waals surface area contributed by atoms with Crippen LogP contribution >= 0.6 is 0 Å². The molecule has 2 bridgehead atoms. The normalized spacial score (nSPS) is 42.7. The highest BCUT2D eigenvalue weighted by Crippen LogP contribution is 1.96. The second kappa shape index (κ2) is 2.25. The van der Waals surface area contributed by atoms with E-state index in [-0.39, 0.29) is 0 Å². The Balaban J connectivity index is 2.03. The van der Waals surface area contributed by atoms with Crippen molar-refractivity contribution in [3.05, 3.63) is 0 Å². The van der Waals surface area contributed by atoms with Crippen molar-refractivity contribution in [2.75, 3.05) is 26.2 Å². The van der Waals surface area contributed by atoms with Crippen molar-refractivity contribution in [1.29, 1.82) is 0 Å². The molecule has 0 spiro atoms. The molecule has 0 radical (unpaired) electrons. The summed E-state index contributed by atoms with van der Waals surface area (Å²) < 4.78 is 0. The fraction of sp³-hybridized carbons (Fsp3) is 1.00. The van der Waals surface area contributed by atoms with Gasteiger partial charge in [-0.05, 0) is 0 Å². The van der Waals surface area contributed by atoms with Gasteiger partial charge >= 0.3 is 0 Å². The van der Waals surface area contributed by atoms with Gasteiger partial charge in [0, 0.05) is 38.3 Å². The molecule has 0 aliphatic carbocycles. The molecule has 3 N–H and O–H groups in total. The van der Waals surface area contributed by atoms with Gasteiger partial charge in [-0.3, -0.25) is 0 Å². The third-order valence-electron chi connectivity index (χ3n) is 2.09. The summed E-state index contributed by atoms with van der Waals surface area (Å²) in [6.07, 6.45) is 0. The molecule has 0 saturated carbocycles. The fourth-order valence-corrected chi connectivity index (χ4v) is 1.48. The topological polar surface area (TPSA) is 36.1 Å². The number of hydrogen-bond acceptors (Lipinski definition) is 3. The highest BCUT2D eigenvalue weighted by Gasteiger charge is 2.22. The average Bonchev–Trinajstić information content (AvgIpc) is 2.21. The molecule has 2 atom stereocenters. The molecule has 2 unspecified atom stereocenters. The molecule has 0 aromatic heterocycles. The highest BCUT2D eigenvalue weighted by molar-refractivity contribution is 4.89. The van der Waals surface area contributed by atoms with Crippen LogP contribution in [0.5, 0.6) is 0 Å². The van der Waals surface area contributed by atoms with Crippen molar-refractivity contribution in [2.24, 2.45) is 0 Å². The maximum atomic E-state index is 3.46. The second-order valence-corrected chi connectivity index (χ2v) is 2.87. The minimum atomic E-state index is 0.670. The molecule has 3 aliphatic rings. The first-order chi connectivity index (χ1) is 4.45. The largest absolute Gasteiger partial charge is 0.314 e. The minimum absolute atomic E-state index is 0.670. The molecule has 3 heterocycles.